The van der Waals surface area contributed by atoms with Gasteiger partial charge in [-0.1, -0.05) is 66.7 Å². The number of carbonyl (C=O) groups excluding carboxylic acids is 1. The van der Waals surface area contributed by atoms with Gasteiger partial charge in [0.1, 0.15) is 5.41 Å². The lowest BCUT2D eigenvalue weighted by atomic mass is 9.52. The number of rotatable bonds is 4. The fraction of sp³-hybridized carbons (Fsp3) is 0.133. The molecule has 2 bridgehead atoms. The summed E-state index contributed by atoms with van der Waals surface area (Å²) in [4.78, 5) is 13.8. The molecular weight excluding hydrogens is 418 g/mol. The molecule has 164 valence electrons. The second-order valence-corrected chi connectivity index (χ2v) is 9.05. The average molecular weight is 442 g/mol. The summed E-state index contributed by atoms with van der Waals surface area (Å²) >= 11 is 0. The molecule has 0 saturated carbocycles. The van der Waals surface area contributed by atoms with E-state index in [2.05, 4.69) is 41.0 Å². The van der Waals surface area contributed by atoms with E-state index in [9.17, 15) is 10.1 Å². The van der Waals surface area contributed by atoms with Crippen LogP contribution in [0.25, 0.3) is 0 Å². The predicted molar refractivity (Wildman–Crippen MR) is 134 cm³/mol. The van der Waals surface area contributed by atoms with Crippen LogP contribution in [0.4, 0.5) is 17.1 Å². The van der Waals surface area contributed by atoms with Gasteiger partial charge in [0.15, 0.2) is 0 Å². The van der Waals surface area contributed by atoms with Crippen LogP contribution in [0.3, 0.4) is 0 Å². The maximum Gasteiger partial charge on any atom is 0.245 e. The summed E-state index contributed by atoms with van der Waals surface area (Å²) in [7, 11) is 0. The molecule has 4 aromatic rings. The Morgan fingerprint density at radius 3 is 1.79 bits per heavy atom. The molecule has 0 aromatic heterocycles. The summed E-state index contributed by atoms with van der Waals surface area (Å²) in [5.74, 6) is -0.480. The van der Waals surface area contributed by atoms with Gasteiger partial charge in [0.2, 0.25) is 5.91 Å². The fourth-order valence-corrected chi connectivity index (χ4v) is 5.66. The van der Waals surface area contributed by atoms with Crippen LogP contribution in [0.2, 0.25) is 0 Å². The fourth-order valence-electron chi connectivity index (χ4n) is 5.66. The second kappa shape index (κ2) is 7.90. The van der Waals surface area contributed by atoms with E-state index < -0.39 is 5.41 Å². The van der Waals surface area contributed by atoms with Crippen molar-refractivity contribution >= 4 is 23.0 Å². The van der Waals surface area contributed by atoms with Crippen molar-refractivity contribution in [2.75, 3.05) is 10.6 Å². The molecule has 0 fully saturated rings. The van der Waals surface area contributed by atoms with Crippen molar-refractivity contribution < 1.29 is 4.79 Å². The number of nitriles is 1. The van der Waals surface area contributed by atoms with Crippen molar-refractivity contribution in [1.29, 1.82) is 5.26 Å². The molecule has 3 aliphatic rings. The Labute approximate surface area is 198 Å². The molecule has 0 radical (unpaired) electrons. The maximum atomic E-state index is 13.8. The van der Waals surface area contributed by atoms with E-state index >= 15 is 0 Å². The van der Waals surface area contributed by atoms with E-state index in [4.69, 9.17) is 0 Å². The third-order valence-electron chi connectivity index (χ3n) is 7.19. The molecule has 4 heteroatoms. The van der Waals surface area contributed by atoms with Crippen LogP contribution in [0, 0.1) is 16.7 Å². The molecule has 0 spiro atoms. The SMILES string of the molecule is N#C[C@]1(C(=O)Nc2ccc(Nc3ccccc3)cc2)CC2c3ccccc3C1c1ccccc12. The molecule has 4 aromatic carbocycles. The normalized spacial score (nSPS) is 21.6. The number of anilines is 3. The first-order valence-electron chi connectivity index (χ1n) is 11.5. The zero-order valence-corrected chi connectivity index (χ0v) is 18.5. The highest BCUT2D eigenvalue weighted by atomic mass is 16.2. The summed E-state index contributed by atoms with van der Waals surface area (Å²) < 4.78 is 0. The lowest BCUT2D eigenvalue weighted by Crippen LogP contribution is -2.48. The zero-order chi connectivity index (χ0) is 23.1. The van der Waals surface area contributed by atoms with Gasteiger partial charge in [-0.25, -0.2) is 0 Å². The Hall–Kier alpha value is -4.36. The van der Waals surface area contributed by atoms with Crippen LogP contribution in [0.5, 0.6) is 0 Å². The Bertz CT molecular complexity index is 1370. The Kier molecular flexibility index (Phi) is 4.71. The average Bonchev–Trinajstić information content (AvgIpc) is 2.90. The van der Waals surface area contributed by atoms with E-state index in [-0.39, 0.29) is 17.7 Å². The van der Waals surface area contributed by atoms with Gasteiger partial charge in [0.05, 0.1) is 6.07 Å². The van der Waals surface area contributed by atoms with Crippen molar-refractivity contribution in [2.24, 2.45) is 5.41 Å². The van der Waals surface area contributed by atoms with Crippen molar-refractivity contribution in [3.8, 4) is 6.07 Å². The Morgan fingerprint density at radius 2 is 1.21 bits per heavy atom. The number of amides is 1. The quantitative estimate of drug-likeness (QED) is 0.377. The number of nitrogens with zero attached hydrogens (tertiary/aromatic N) is 1. The standard InChI is InChI=1S/C30H23N3O/c31-19-30(29(34)33-22-16-14-21(15-17-22)32-20-8-2-1-3-9-20)18-27-23-10-4-6-12-25(23)28(30)26-13-7-5-11-24(26)27/h1-17,27-28,32H,18H2,(H,33,34)/t27?,28?,30-/m1/s1. The van der Waals surface area contributed by atoms with Gasteiger partial charge < -0.3 is 10.6 Å². The number of hydrogen-bond donors (Lipinski definition) is 2. The third kappa shape index (κ3) is 3.09. The monoisotopic (exact) mass is 441 g/mol. The topological polar surface area (TPSA) is 64.9 Å². The summed E-state index contributed by atoms with van der Waals surface area (Å²) in [6, 6.07) is 36.5. The molecule has 0 unspecified atom stereocenters. The van der Waals surface area contributed by atoms with Gasteiger partial charge in [0, 0.05) is 28.9 Å². The summed E-state index contributed by atoms with van der Waals surface area (Å²) in [5.41, 5.74) is 6.11. The van der Waals surface area contributed by atoms with E-state index in [0.717, 1.165) is 22.5 Å². The second-order valence-electron chi connectivity index (χ2n) is 9.05. The molecule has 34 heavy (non-hydrogen) atoms. The van der Waals surface area contributed by atoms with E-state index in [1.807, 2.05) is 78.9 Å². The molecule has 2 N–H and O–H groups in total. The highest BCUT2D eigenvalue weighted by Crippen LogP contribution is 2.61. The van der Waals surface area contributed by atoms with Crippen LogP contribution in [-0.4, -0.2) is 5.91 Å². The van der Waals surface area contributed by atoms with E-state index in [1.165, 1.54) is 11.1 Å². The first-order valence-corrected chi connectivity index (χ1v) is 11.5. The molecular formula is C30H23N3O. The predicted octanol–water partition coefficient (Wildman–Crippen LogP) is 6.56. The molecule has 4 nitrogen and oxygen atoms in total. The van der Waals surface area contributed by atoms with Crippen LogP contribution in [-0.2, 0) is 4.79 Å². The number of para-hydroxylation sites is 1. The summed E-state index contributed by atoms with van der Waals surface area (Å²) in [6.07, 6.45) is 0.488. The first-order chi connectivity index (χ1) is 16.7. The smallest absolute Gasteiger partial charge is 0.245 e. The minimum absolute atomic E-state index is 0.0419. The van der Waals surface area contributed by atoms with Crippen LogP contribution in [0.1, 0.15) is 40.5 Å². The minimum atomic E-state index is -1.16. The summed E-state index contributed by atoms with van der Waals surface area (Å²) in [6.45, 7) is 0. The molecule has 1 amide bonds. The van der Waals surface area contributed by atoms with Crippen molar-refractivity contribution in [3.63, 3.8) is 0 Å². The van der Waals surface area contributed by atoms with Crippen molar-refractivity contribution in [1.82, 2.24) is 0 Å². The molecule has 0 heterocycles. The lowest BCUT2D eigenvalue weighted by Gasteiger charge is -2.48. The van der Waals surface area contributed by atoms with E-state index in [1.54, 1.807) is 0 Å². The number of carbonyl (C=O) groups is 1. The molecule has 0 saturated heterocycles. The van der Waals surface area contributed by atoms with Gasteiger partial charge in [-0.3, -0.25) is 4.79 Å². The lowest BCUT2D eigenvalue weighted by molar-refractivity contribution is -0.124. The van der Waals surface area contributed by atoms with Crippen molar-refractivity contribution in [2.45, 2.75) is 18.3 Å². The zero-order valence-electron chi connectivity index (χ0n) is 18.5. The molecule has 7 rings (SSSR count). The largest absolute Gasteiger partial charge is 0.356 e. The van der Waals surface area contributed by atoms with Gasteiger partial charge >= 0.3 is 0 Å². The molecule has 3 aliphatic carbocycles. The number of fused-ring (bicyclic) bond motifs is 1. The van der Waals surface area contributed by atoms with Crippen LogP contribution in [0.15, 0.2) is 103 Å². The minimum Gasteiger partial charge on any atom is -0.356 e. The number of hydrogen-bond acceptors (Lipinski definition) is 3. The Morgan fingerprint density at radius 1 is 0.706 bits per heavy atom. The molecule has 0 aliphatic heterocycles. The highest BCUT2D eigenvalue weighted by Gasteiger charge is 2.57. The third-order valence-corrected chi connectivity index (χ3v) is 7.19. The van der Waals surface area contributed by atoms with Gasteiger partial charge in [-0.15, -0.1) is 0 Å². The number of nitrogens with one attached hydrogen (secondary N) is 2. The van der Waals surface area contributed by atoms with Gasteiger partial charge in [-0.05, 0) is 65.1 Å². The van der Waals surface area contributed by atoms with Crippen molar-refractivity contribution in [3.05, 3.63) is 125 Å². The van der Waals surface area contributed by atoms with Gasteiger partial charge in [0.25, 0.3) is 0 Å². The maximum absolute atomic E-state index is 13.8. The highest BCUT2D eigenvalue weighted by molar-refractivity contribution is 5.99. The number of benzene rings is 4. The van der Waals surface area contributed by atoms with Gasteiger partial charge in [-0.2, -0.15) is 5.26 Å². The Balaban J connectivity index is 1.31. The van der Waals surface area contributed by atoms with Crippen LogP contribution < -0.4 is 10.6 Å². The summed E-state index contributed by atoms with van der Waals surface area (Å²) in [5, 5.41) is 16.8. The molecule has 1 atom stereocenters. The van der Waals surface area contributed by atoms with Crippen LogP contribution >= 0.6 is 0 Å². The first kappa shape index (κ1) is 20.3. The van der Waals surface area contributed by atoms with E-state index in [0.29, 0.717) is 12.1 Å².